The van der Waals surface area contributed by atoms with E-state index in [-0.39, 0.29) is 12.5 Å². The SMILES string of the molecule is COc1cccc(NC(=S)NCC(=O)NCc2ccco2)c1. The largest absolute Gasteiger partial charge is 0.497 e. The molecule has 0 unspecified atom stereocenters. The Bertz CT molecular complexity index is 629. The van der Waals surface area contributed by atoms with Gasteiger partial charge < -0.3 is 25.1 Å². The molecule has 22 heavy (non-hydrogen) atoms. The van der Waals surface area contributed by atoms with Gasteiger partial charge in [0.15, 0.2) is 5.11 Å². The zero-order valence-electron chi connectivity index (χ0n) is 12.1. The van der Waals surface area contributed by atoms with Crippen molar-refractivity contribution in [3.05, 3.63) is 48.4 Å². The van der Waals surface area contributed by atoms with Gasteiger partial charge in [-0.3, -0.25) is 4.79 Å². The summed E-state index contributed by atoms with van der Waals surface area (Å²) >= 11 is 5.14. The fourth-order valence-corrected chi connectivity index (χ4v) is 1.89. The van der Waals surface area contributed by atoms with E-state index in [0.717, 1.165) is 11.4 Å². The predicted octanol–water partition coefficient (Wildman–Crippen LogP) is 1.89. The molecule has 0 fully saturated rings. The first-order chi connectivity index (χ1) is 10.7. The average Bonchev–Trinajstić information content (AvgIpc) is 3.04. The lowest BCUT2D eigenvalue weighted by atomic mass is 10.3. The lowest BCUT2D eigenvalue weighted by Crippen LogP contribution is -2.38. The highest BCUT2D eigenvalue weighted by molar-refractivity contribution is 7.80. The molecule has 0 aliphatic heterocycles. The standard InChI is InChI=1S/C15H17N3O3S/c1-20-12-5-2-4-11(8-12)18-15(22)17-10-14(19)16-9-13-6-3-7-21-13/h2-8H,9-10H2,1H3,(H,16,19)(H2,17,18,22). The lowest BCUT2D eigenvalue weighted by Gasteiger charge is -2.11. The van der Waals surface area contributed by atoms with Gasteiger partial charge in [-0.15, -0.1) is 0 Å². The Morgan fingerprint density at radius 2 is 2.14 bits per heavy atom. The van der Waals surface area contributed by atoms with Crippen LogP contribution in [0, 0.1) is 0 Å². The zero-order valence-corrected chi connectivity index (χ0v) is 12.9. The molecule has 0 spiro atoms. The maximum Gasteiger partial charge on any atom is 0.239 e. The van der Waals surface area contributed by atoms with Gasteiger partial charge in [0, 0.05) is 11.8 Å². The van der Waals surface area contributed by atoms with Gasteiger partial charge in [-0.25, -0.2) is 0 Å². The van der Waals surface area contributed by atoms with Crippen LogP contribution in [0.4, 0.5) is 5.69 Å². The van der Waals surface area contributed by atoms with E-state index >= 15 is 0 Å². The number of nitrogens with one attached hydrogen (secondary N) is 3. The van der Waals surface area contributed by atoms with Gasteiger partial charge in [-0.2, -0.15) is 0 Å². The Morgan fingerprint density at radius 1 is 1.27 bits per heavy atom. The van der Waals surface area contributed by atoms with Gasteiger partial charge in [-0.1, -0.05) is 6.07 Å². The zero-order chi connectivity index (χ0) is 15.8. The summed E-state index contributed by atoms with van der Waals surface area (Å²) in [4.78, 5) is 11.7. The van der Waals surface area contributed by atoms with Crippen molar-refractivity contribution in [2.24, 2.45) is 0 Å². The summed E-state index contributed by atoms with van der Waals surface area (Å²) in [7, 11) is 1.60. The number of methoxy groups -OCH3 is 1. The van der Waals surface area contributed by atoms with E-state index in [1.54, 1.807) is 25.5 Å². The minimum atomic E-state index is -0.175. The summed E-state index contributed by atoms with van der Waals surface area (Å²) in [5.41, 5.74) is 0.785. The van der Waals surface area contributed by atoms with E-state index in [9.17, 15) is 4.79 Å². The van der Waals surface area contributed by atoms with Crippen LogP contribution in [0.2, 0.25) is 0 Å². The summed E-state index contributed by atoms with van der Waals surface area (Å²) in [5.74, 6) is 1.25. The Kier molecular flexibility index (Phi) is 5.79. The highest BCUT2D eigenvalue weighted by atomic mass is 32.1. The molecule has 0 atom stereocenters. The van der Waals surface area contributed by atoms with Crippen LogP contribution in [0.3, 0.4) is 0 Å². The Hall–Kier alpha value is -2.54. The van der Waals surface area contributed by atoms with Crippen LogP contribution in [-0.2, 0) is 11.3 Å². The minimum Gasteiger partial charge on any atom is -0.497 e. The smallest absolute Gasteiger partial charge is 0.239 e. The molecule has 0 aliphatic carbocycles. The minimum absolute atomic E-state index is 0.0799. The van der Waals surface area contributed by atoms with Crippen molar-refractivity contribution in [3.8, 4) is 5.75 Å². The lowest BCUT2D eigenvalue weighted by molar-refractivity contribution is -0.120. The Labute approximate surface area is 133 Å². The number of furan rings is 1. The number of anilines is 1. The number of hydrogen-bond acceptors (Lipinski definition) is 4. The molecule has 1 amide bonds. The van der Waals surface area contributed by atoms with Crippen molar-refractivity contribution in [1.29, 1.82) is 0 Å². The van der Waals surface area contributed by atoms with Crippen LogP contribution in [0.5, 0.6) is 5.75 Å². The third-order valence-corrected chi connectivity index (χ3v) is 3.02. The molecular formula is C15H17N3O3S. The monoisotopic (exact) mass is 319 g/mol. The van der Waals surface area contributed by atoms with Crippen LogP contribution in [-0.4, -0.2) is 24.7 Å². The van der Waals surface area contributed by atoms with Crippen LogP contribution in [0.15, 0.2) is 47.1 Å². The van der Waals surface area contributed by atoms with Crippen molar-refractivity contribution in [3.63, 3.8) is 0 Å². The number of benzene rings is 1. The van der Waals surface area contributed by atoms with Crippen molar-refractivity contribution in [1.82, 2.24) is 10.6 Å². The van der Waals surface area contributed by atoms with Crippen molar-refractivity contribution in [2.75, 3.05) is 19.0 Å². The Balaban J connectivity index is 1.71. The molecule has 0 saturated heterocycles. The van der Waals surface area contributed by atoms with E-state index < -0.39 is 0 Å². The molecular weight excluding hydrogens is 302 g/mol. The third kappa shape index (κ3) is 5.10. The summed E-state index contributed by atoms with van der Waals surface area (Å²) < 4.78 is 10.3. The molecule has 2 rings (SSSR count). The highest BCUT2D eigenvalue weighted by Crippen LogP contribution is 2.16. The molecule has 1 heterocycles. The molecule has 0 saturated carbocycles. The molecule has 6 nitrogen and oxygen atoms in total. The van der Waals surface area contributed by atoms with Gasteiger partial charge >= 0.3 is 0 Å². The molecule has 1 aromatic heterocycles. The average molecular weight is 319 g/mol. The number of hydrogen-bond donors (Lipinski definition) is 3. The number of ether oxygens (including phenoxy) is 1. The second kappa shape index (κ2) is 8.04. The number of thiocarbonyl (C=S) groups is 1. The van der Waals surface area contributed by atoms with Gasteiger partial charge in [0.2, 0.25) is 5.91 Å². The van der Waals surface area contributed by atoms with E-state index in [1.165, 1.54) is 0 Å². The fraction of sp³-hybridized carbons (Fsp3) is 0.200. The summed E-state index contributed by atoms with van der Waals surface area (Å²) in [6.45, 7) is 0.431. The number of carbonyl (C=O) groups excluding carboxylic acids is 1. The van der Waals surface area contributed by atoms with Crippen molar-refractivity contribution in [2.45, 2.75) is 6.54 Å². The van der Waals surface area contributed by atoms with E-state index in [1.807, 2.05) is 24.3 Å². The van der Waals surface area contributed by atoms with Crippen LogP contribution >= 0.6 is 12.2 Å². The van der Waals surface area contributed by atoms with E-state index in [4.69, 9.17) is 21.4 Å². The second-order valence-electron chi connectivity index (χ2n) is 4.40. The molecule has 2 aromatic rings. The summed E-state index contributed by atoms with van der Waals surface area (Å²) in [6.07, 6.45) is 1.56. The van der Waals surface area contributed by atoms with E-state index in [0.29, 0.717) is 17.4 Å². The number of carbonyl (C=O) groups is 1. The quantitative estimate of drug-likeness (QED) is 0.706. The highest BCUT2D eigenvalue weighted by Gasteiger charge is 2.04. The van der Waals surface area contributed by atoms with Crippen LogP contribution < -0.4 is 20.7 Å². The number of amides is 1. The topological polar surface area (TPSA) is 75.5 Å². The van der Waals surface area contributed by atoms with Gasteiger partial charge in [0.1, 0.15) is 11.5 Å². The maximum atomic E-state index is 11.7. The third-order valence-electron chi connectivity index (χ3n) is 2.78. The molecule has 1 aromatic carbocycles. The normalized spacial score (nSPS) is 9.86. The van der Waals surface area contributed by atoms with Gasteiger partial charge in [0.05, 0.1) is 26.5 Å². The van der Waals surface area contributed by atoms with Crippen LogP contribution in [0.25, 0.3) is 0 Å². The van der Waals surface area contributed by atoms with Crippen molar-refractivity contribution < 1.29 is 13.9 Å². The fourth-order valence-electron chi connectivity index (χ4n) is 1.70. The van der Waals surface area contributed by atoms with Gasteiger partial charge in [-0.05, 0) is 36.5 Å². The van der Waals surface area contributed by atoms with Gasteiger partial charge in [0.25, 0.3) is 0 Å². The van der Waals surface area contributed by atoms with Crippen LogP contribution in [0.1, 0.15) is 5.76 Å². The first-order valence-corrected chi connectivity index (χ1v) is 7.06. The van der Waals surface area contributed by atoms with Crippen molar-refractivity contribution >= 4 is 28.9 Å². The molecule has 0 radical (unpaired) electrons. The Morgan fingerprint density at radius 3 is 2.86 bits per heavy atom. The second-order valence-corrected chi connectivity index (χ2v) is 4.80. The molecule has 116 valence electrons. The molecule has 0 aliphatic rings. The van der Waals surface area contributed by atoms with E-state index in [2.05, 4.69) is 16.0 Å². The number of rotatable bonds is 6. The molecule has 0 bridgehead atoms. The predicted molar refractivity (Wildman–Crippen MR) is 87.8 cm³/mol. The maximum absolute atomic E-state index is 11.7. The molecule has 3 N–H and O–H groups in total. The first kappa shape index (κ1) is 15.8. The summed E-state index contributed by atoms with van der Waals surface area (Å²) in [6, 6.07) is 10.9. The summed E-state index contributed by atoms with van der Waals surface area (Å²) in [5, 5.41) is 8.90. The molecule has 7 heteroatoms. The first-order valence-electron chi connectivity index (χ1n) is 6.65.